The molecule has 0 atom stereocenters. The van der Waals surface area contributed by atoms with Crippen LogP contribution in [0.4, 0.5) is 0 Å². The van der Waals surface area contributed by atoms with E-state index in [1.807, 2.05) is 60.2 Å². The molecule has 6 heteroatoms. The Bertz CT molecular complexity index is 822. The van der Waals surface area contributed by atoms with Crippen molar-refractivity contribution in [2.24, 2.45) is 0 Å². The highest BCUT2D eigenvalue weighted by Crippen LogP contribution is 2.17. The Morgan fingerprint density at radius 3 is 2.54 bits per heavy atom. The fourth-order valence-electron chi connectivity index (χ4n) is 2.68. The van der Waals surface area contributed by atoms with Crippen molar-refractivity contribution in [3.05, 3.63) is 63.0 Å². The summed E-state index contributed by atoms with van der Waals surface area (Å²) >= 11 is 3.39. The average molecular weight is 387 g/mol. The summed E-state index contributed by atoms with van der Waals surface area (Å²) in [6.45, 7) is 5.41. The van der Waals surface area contributed by atoms with Gasteiger partial charge in [-0.1, -0.05) is 12.1 Å². The van der Waals surface area contributed by atoms with Crippen LogP contribution in [-0.2, 0) is 4.79 Å². The van der Waals surface area contributed by atoms with E-state index >= 15 is 0 Å². The van der Waals surface area contributed by atoms with Crippen LogP contribution in [0.3, 0.4) is 0 Å². The van der Waals surface area contributed by atoms with E-state index in [4.69, 9.17) is 0 Å². The van der Waals surface area contributed by atoms with Crippen LogP contribution >= 0.6 is 23.1 Å². The van der Waals surface area contributed by atoms with Gasteiger partial charge in [-0.05, 0) is 54.6 Å². The van der Waals surface area contributed by atoms with Gasteiger partial charge in [-0.3, -0.25) is 9.59 Å². The molecule has 1 aromatic carbocycles. The summed E-state index contributed by atoms with van der Waals surface area (Å²) < 4.78 is 0. The molecular weight excluding hydrogens is 364 g/mol. The Labute approximate surface area is 162 Å². The minimum absolute atomic E-state index is 0.115. The Morgan fingerprint density at radius 2 is 1.88 bits per heavy atom. The first-order valence-corrected chi connectivity index (χ1v) is 10.6. The van der Waals surface area contributed by atoms with Crippen molar-refractivity contribution in [2.75, 3.05) is 24.6 Å². The van der Waals surface area contributed by atoms with Crippen LogP contribution < -0.4 is 5.32 Å². The second-order valence-electron chi connectivity index (χ2n) is 6.23. The van der Waals surface area contributed by atoms with Crippen molar-refractivity contribution in [3.8, 4) is 0 Å². The molecular formula is C20H22N2O2S2. The maximum Gasteiger partial charge on any atom is 0.270 e. The average Bonchev–Trinajstić information content (AvgIpc) is 3.16. The molecule has 2 aromatic rings. The monoisotopic (exact) mass is 386 g/mol. The molecule has 0 bridgehead atoms. The molecule has 1 aromatic heterocycles. The number of hydrogen-bond acceptors (Lipinski definition) is 4. The van der Waals surface area contributed by atoms with Crippen LogP contribution in [0.2, 0.25) is 0 Å². The van der Waals surface area contributed by atoms with E-state index in [0.29, 0.717) is 24.4 Å². The highest BCUT2D eigenvalue weighted by atomic mass is 32.2. The van der Waals surface area contributed by atoms with Crippen LogP contribution in [0, 0.1) is 13.8 Å². The maximum atomic E-state index is 13.0. The highest BCUT2D eigenvalue weighted by Gasteiger charge is 2.22. The van der Waals surface area contributed by atoms with Gasteiger partial charge < -0.3 is 10.2 Å². The topological polar surface area (TPSA) is 49.4 Å². The lowest BCUT2D eigenvalue weighted by Gasteiger charge is -2.27. The molecule has 4 nitrogen and oxygen atoms in total. The molecule has 0 unspecified atom stereocenters. The Morgan fingerprint density at radius 1 is 1.12 bits per heavy atom. The largest absolute Gasteiger partial charge is 0.336 e. The minimum Gasteiger partial charge on any atom is -0.336 e. The number of carbonyl (C=O) groups is 2. The molecule has 0 radical (unpaired) electrons. The van der Waals surface area contributed by atoms with Gasteiger partial charge in [0.05, 0.1) is 0 Å². The van der Waals surface area contributed by atoms with E-state index in [-0.39, 0.29) is 11.8 Å². The van der Waals surface area contributed by atoms with Gasteiger partial charge in [-0.2, -0.15) is 11.8 Å². The van der Waals surface area contributed by atoms with Crippen molar-refractivity contribution in [2.45, 2.75) is 13.8 Å². The molecule has 26 heavy (non-hydrogen) atoms. The second-order valence-corrected chi connectivity index (χ2v) is 8.44. The van der Waals surface area contributed by atoms with E-state index in [0.717, 1.165) is 27.5 Å². The number of amides is 2. The van der Waals surface area contributed by atoms with Crippen molar-refractivity contribution in [3.63, 3.8) is 0 Å². The van der Waals surface area contributed by atoms with Crippen molar-refractivity contribution >= 4 is 41.0 Å². The highest BCUT2D eigenvalue weighted by molar-refractivity contribution is 7.99. The molecule has 2 heterocycles. The van der Waals surface area contributed by atoms with Crippen molar-refractivity contribution in [1.29, 1.82) is 0 Å². The smallest absolute Gasteiger partial charge is 0.270 e. The number of aryl methyl sites for hydroxylation is 2. The van der Waals surface area contributed by atoms with Gasteiger partial charge >= 0.3 is 0 Å². The fraction of sp³-hybridized carbons (Fsp3) is 0.300. The quantitative estimate of drug-likeness (QED) is 0.815. The lowest BCUT2D eigenvalue weighted by Crippen LogP contribution is -2.42. The number of rotatable bonds is 4. The number of nitrogens with one attached hydrogen (secondary N) is 1. The molecule has 136 valence electrons. The Hall–Kier alpha value is -2.05. The summed E-state index contributed by atoms with van der Waals surface area (Å²) in [6.07, 6.45) is 1.77. The number of hydrogen-bond donors (Lipinski definition) is 1. The van der Waals surface area contributed by atoms with E-state index in [1.165, 1.54) is 0 Å². The number of benzene rings is 1. The van der Waals surface area contributed by atoms with Gasteiger partial charge in [0, 0.05) is 35.0 Å². The molecule has 0 saturated carbocycles. The van der Waals surface area contributed by atoms with Crippen LogP contribution in [0.15, 0.2) is 41.4 Å². The summed E-state index contributed by atoms with van der Waals surface area (Å²) in [5.41, 5.74) is 3.09. The standard InChI is InChI=1S/C20H22N2O2S2/c1-14-5-6-16(12-15(14)2)19(23)21-18(13-17-4-3-9-26-17)20(24)22-7-10-25-11-8-22/h3-6,9,12-13H,7-8,10-11H2,1-2H3,(H,21,23)/b18-13-. The van der Waals surface area contributed by atoms with Gasteiger partial charge in [0.15, 0.2) is 0 Å². The Kier molecular flexibility index (Phi) is 6.16. The van der Waals surface area contributed by atoms with Crippen LogP contribution in [0.25, 0.3) is 6.08 Å². The van der Waals surface area contributed by atoms with E-state index in [9.17, 15) is 9.59 Å². The third-order valence-corrected chi connectivity index (χ3v) is 6.14. The molecule has 0 aliphatic carbocycles. The lowest BCUT2D eigenvalue weighted by atomic mass is 10.1. The zero-order valence-corrected chi connectivity index (χ0v) is 16.6. The summed E-state index contributed by atoms with van der Waals surface area (Å²) in [7, 11) is 0. The zero-order chi connectivity index (χ0) is 18.5. The van der Waals surface area contributed by atoms with Gasteiger partial charge in [0.2, 0.25) is 0 Å². The van der Waals surface area contributed by atoms with Crippen molar-refractivity contribution < 1.29 is 9.59 Å². The SMILES string of the molecule is Cc1ccc(C(=O)N/C(=C\c2cccs2)C(=O)N2CCSCC2)cc1C. The lowest BCUT2D eigenvalue weighted by molar-refractivity contribution is -0.127. The Balaban J connectivity index is 1.84. The normalized spacial score (nSPS) is 15.0. The first-order valence-electron chi connectivity index (χ1n) is 8.55. The molecule has 1 aliphatic heterocycles. The molecule has 3 rings (SSSR count). The number of thioether (sulfide) groups is 1. The van der Waals surface area contributed by atoms with E-state index < -0.39 is 0 Å². The van der Waals surface area contributed by atoms with Gasteiger partial charge in [0.1, 0.15) is 5.70 Å². The molecule has 1 saturated heterocycles. The third-order valence-electron chi connectivity index (χ3n) is 4.38. The summed E-state index contributed by atoms with van der Waals surface area (Å²) in [4.78, 5) is 28.4. The van der Waals surface area contributed by atoms with Crippen LogP contribution in [-0.4, -0.2) is 41.3 Å². The predicted molar refractivity (Wildman–Crippen MR) is 110 cm³/mol. The summed E-state index contributed by atoms with van der Waals surface area (Å²) in [5.74, 6) is 1.50. The van der Waals surface area contributed by atoms with Gasteiger partial charge in [-0.15, -0.1) is 11.3 Å². The van der Waals surface area contributed by atoms with Gasteiger partial charge in [-0.25, -0.2) is 0 Å². The molecule has 0 spiro atoms. The van der Waals surface area contributed by atoms with E-state index in [1.54, 1.807) is 23.5 Å². The second kappa shape index (κ2) is 8.56. The number of thiophene rings is 1. The van der Waals surface area contributed by atoms with Crippen LogP contribution in [0.5, 0.6) is 0 Å². The number of carbonyl (C=O) groups excluding carboxylic acids is 2. The summed E-state index contributed by atoms with van der Waals surface area (Å²) in [6, 6.07) is 9.45. The maximum absolute atomic E-state index is 13.0. The molecule has 1 fully saturated rings. The minimum atomic E-state index is -0.254. The molecule has 1 N–H and O–H groups in total. The van der Waals surface area contributed by atoms with Crippen molar-refractivity contribution in [1.82, 2.24) is 10.2 Å². The predicted octanol–water partition coefficient (Wildman–Crippen LogP) is 3.71. The van der Waals surface area contributed by atoms with E-state index in [2.05, 4.69) is 5.32 Å². The fourth-order valence-corrected chi connectivity index (χ4v) is 4.24. The molecule has 2 amide bonds. The number of nitrogens with zero attached hydrogens (tertiary/aromatic N) is 1. The third kappa shape index (κ3) is 4.56. The van der Waals surface area contributed by atoms with Crippen LogP contribution in [0.1, 0.15) is 26.4 Å². The van der Waals surface area contributed by atoms with Gasteiger partial charge in [0.25, 0.3) is 11.8 Å². The first-order chi connectivity index (χ1) is 12.5. The zero-order valence-electron chi connectivity index (χ0n) is 15.0. The first kappa shape index (κ1) is 18.7. The molecule has 1 aliphatic rings. The summed E-state index contributed by atoms with van der Waals surface area (Å²) in [5, 5.41) is 4.80.